The summed E-state index contributed by atoms with van der Waals surface area (Å²) in [5.74, 6) is 0. The fraction of sp³-hybridized carbons (Fsp3) is 0.714. The van der Waals surface area contributed by atoms with Crippen LogP contribution < -0.4 is 0 Å². The number of hydrogen-bond acceptors (Lipinski definition) is 4. The molecule has 108 valence electrons. The van der Waals surface area contributed by atoms with Gasteiger partial charge in [-0.1, -0.05) is 32.4 Å². The van der Waals surface area contributed by atoms with Crippen molar-refractivity contribution < 1.29 is 0 Å². The SMILES string of the molecule is CCN(CC)CCCN(CC)Cc1cnc(Cl)cn1. The van der Waals surface area contributed by atoms with Gasteiger partial charge in [0.15, 0.2) is 0 Å². The quantitative estimate of drug-likeness (QED) is 0.698. The number of halogens is 1. The molecule has 1 heterocycles. The number of rotatable bonds is 9. The van der Waals surface area contributed by atoms with E-state index in [1.54, 1.807) is 12.4 Å². The fourth-order valence-electron chi connectivity index (χ4n) is 2.06. The van der Waals surface area contributed by atoms with Gasteiger partial charge >= 0.3 is 0 Å². The van der Waals surface area contributed by atoms with Gasteiger partial charge in [-0.25, -0.2) is 4.98 Å². The zero-order valence-electron chi connectivity index (χ0n) is 12.3. The molecule has 0 spiro atoms. The third kappa shape index (κ3) is 6.32. The average Bonchev–Trinajstić information content (AvgIpc) is 2.44. The Balaban J connectivity index is 2.35. The van der Waals surface area contributed by atoms with Crippen LogP contribution in [0, 0.1) is 0 Å². The van der Waals surface area contributed by atoms with Gasteiger partial charge in [0.2, 0.25) is 0 Å². The molecule has 19 heavy (non-hydrogen) atoms. The minimum absolute atomic E-state index is 0.452. The molecule has 0 saturated heterocycles. The van der Waals surface area contributed by atoms with Crippen molar-refractivity contribution in [3.8, 4) is 0 Å². The molecule has 0 aliphatic rings. The lowest BCUT2D eigenvalue weighted by Crippen LogP contribution is -2.30. The van der Waals surface area contributed by atoms with E-state index < -0.39 is 0 Å². The fourth-order valence-corrected chi connectivity index (χ4v) is 2.15. The summed E-state index contributed by atoms with van der Waals surface area (Å²) in [6.45, 7) is 13.0. The Labute approximate surface area is 121 Å². The predicted octanol–water partition coefficient (Wildman–Crippen LogP) is 2.68. The van der Waals surface area contributed by atoms with Crippen LogP contribution in [0.25, 0.3) is 0 Å². The highest BCUT2D eigenvalue weighted by Crippen LogP contribution is 2.05. The summed E-state index contributed by atoms with van der Waals surface area (Å²) in [4.78, 5) is 13.2. The molecule has 0 aromatic carbocycles. The summed E-state index contributed by atoms with van der Waals surface area (Å²) in [6.07, 6.45) is 4.56. The van der Waals surface area contributed by atoms with E-state index in [1.807, 2.05) is 0 Å². The largest absolute Gasteiger partial charge is 0.304 e. The number of nitrogens with zero attached hydrogens (tertiary/aromatic N) is 4. The van der Waals surface area contributed by atoms with E-state index in [0.29, 0.717) is 5.15 Å². The van der Waals surface area contributed by atoms with Gasteiger partial charge in [-0.2, -0.15) is 0 Å². The first-order valence-corrected chi connectivity index (χ1v) is 7.48. The number of aromatic nitrogens is 2. The first kappa shape index (κ1) is 16.3. The van der Waals surface area contributed by atoms with Crippen LogP contribution in [0.2, 0.25) is 5.15 Å². The summed E-state index contributed by atoms with van der Waals surface area (Å²) in [5.41, 5.74) is 0.981. The normalized spacial score (nSPS) is 11.5. The van der Waals surface area contributed by atoms with E-state index >= 15 is 0 Å². The average molecular weight is 285 g/mol. The van der Waals surface area contributed by atoms with E-state index in [0.717, 1.165) is 45.0 Å². The van der Waals surface area contributed by atoms with Crippen LogP contribution in [0.5, 0.6) is 0 Å². The monoisotopic (exact) mass is 284 g/mol. The van der Waals surface area contributed by atoms with Crippen LogP contribution in [-0.4, -0.2) is 52.5 Å². The zero-order valence-corrected chi connectivity index (χ0v) is 13.0. The standard InChI is InChI=1S/C14H25ClN4/c1-4-18(5-2)8-7-9-19(6-3)12-13-10-17-14(15)11-16-13/h10-11H,4-9,12H2,1-3H3. The van der Waals surface area contributed by atoms with Crippen molar-refractivity contribution in [2.24, 2.45) is 0 Å². The van der Waals surface area contributed by atoms with E-state index in [1.165, 1.54) is 6.42 Å². The Morgan fingerprint density at radius 1 is 0.947 bits per heavy atom. The van der Waals surface area contributed by atoms with E-state index in [-0.39, 0.29) is 0 Å². The van der Waals surface area contributed by atoms with Gasteiger partial charge < -0.3 is 4.90 Å². The molecule has 0 atom stereocenters. The van der Waals surface area contributed by atoms with Crippen LogP contribution in [0.3, 0.4) is 0 Å². The number of hydrogen-bond donors (Lipinski definition) is 0. The van der Waals surface area contributed by atoms with E-state index in [2.05, 4.69) is 40.5 Å². The lowest BCUT2D eigenvalue weighted by Gasteiger charge is -2.23. The summed E-state index contributed by atoms with van der Waals surface area (Å²) in [5, 5.41) is 0.452. The smallest absolute Gasteiger partial charge is 0.147 e. The lowest BCUT2D eigenvalue weighted by atomic mass is 10.3. The molecule has 0 N–H and O–H groups in total. The van der Waals surface area contributed by atoms with Crippen LogP contribution >= 0.6 is 11.6 Å². The highest BCUT2D eigenvalue weighted by molar-refractivity contribution is 6.29. The molecule has 0 radical (unpaired) electrons. The second-order valence-corrected chi connectivity index (χ2v) is 4.97. The highest BCUT2D eigenvalue weighted by atomic mass is 35.5. The second-order valence-electron chi connectivity index (χ2n) is 4.58. The molecule has 0 aliphatic heterocycles. The predicted molar refractivity (Wildman–Crippen MR) is 80.4 cm³/mol. The molecule has 1 aromatic heterocycles. The Hall–Kier alpha value is -0.710. The van der Waals surface area contributed by atoms with Crippen LogP contribution in [-0.2, 0) is 6.54 Å². The van der Waals surface area contributed by atoms with Gasteiger partial charge in [0, 0.05) is 6.54 Å². The maximum absolute atomic E-state index is 5.74. The molecule has 0 aliphatic carbocycles. The van der Waals surface area contributed by atoms with Gasteiger partial charge in [-0.15, -0.1) is 0 Å². The Kier molecular flexibility index (Phi) is 7.94. The topological polar surface area (TPSA) is 32.3 Å². The van der Waals surface area contributed by atoms with E-state index in [9.17, 15) is 0 Å². The van der Waals surface area contributed by atoms with Crippen molar-refractivity contribution in [2.75, 3.05) is 32.7 Å². The Morgan fingerprint density at radius 2 is 1.58 bits per heavy atom. The minimum Gasteiger partial charge on any atom is -0.304 e. The summed E-state index contributed by atoms with van der Waals surface area (Å²) in [6, 6.07) is 0. The van der Waals surface area contributed by atoms with Crippen molar-refractivity contribution in [2.45, 2.75) is 33.7 Å². The molecular formula is C14H25ClN4. The lowest BCUT2D eigenvalue weighted by molar-refractivity contribution is 0.236. The third-order valence-electron chi connectivity index (χ3n) is 3.35. The minimum atomic E-state index is 0.452. The van der Waals surface area contributed by atoms with Gasteiger partial charge in [0.1, 0.15) is 5.15 Å². The van der Waals surface area contributed by atoms with Crippen LogP contribution in [0.4, 0.5) is 0 Å². The van der Waals surface area contributed by atoms with Crippen molar-refractivity contribution in [3.05, 3.63) is 23.2 Å². The van der Waals surface area contributed by atoms with Gasteiger partial charge in [-0.05, 0) is 39.1 Å². The summed E-state index contributed by atoms with van der Waals surface area (Å²) in [7, 11) is 0. The molecule has 0 saturated carbocycles. The maximum Gasteiger partial charge on any atom is 0.147 e. The first-order valence-electron chi connectivity index (χ1n) is 7.10. The maximum atomic E-state index is 5.74. The summed E-state index contributed by atoms with van der Waals surface area (Å²) >= 11 is 5.74. The molecule has 0 fully saturated rings. The van der Waals surface area contributed by atoms with Crippen molar-refractivity contribution >= 4 is 11.6 Å². The van der Waals surface area contributed by atoms with Gasteiger partial charge in [-0.3, -0.25) is 9.88 Å². The molecular weight excluding hydrogens is 260 g/mol. The van der Waals surface area contributed by atoms with Crippen molar-refractivity contribution in [1.29, 1.82) is 0 Å². The zero-order chi connectivity index (χ0) is 14.1. The molecule has 0 amide bonds. The van der Waals surface area contributed by atoms with Crippen LogP contribution in [0.1, 0.15) is 32.9 Å². The Morgan fingerprint density at radius 3 is 2.11 bits per heavy atom. The molecule has 1 rings (SSSR count). The molecule has 1 aromatic rings. The third-order valence-corrected chi connectivity index (χ3v) is 3.54. The Bertz CT molecular complexity index is 338. The molecule has 0 bridgehead atoms. The molecule has 5 heteroatoms. The van der Waals surface area contributed by atoms with Crippen molar-refractivity contribution in [3.63, 3.8) is 0 Å². The van der Waals surface area contributed by atoms with Crippen LogP contribution in [0.15, 0.2) is 12.4 Å². The highest BCUT2D eigenvalue weighted by Gasteiger charge is 2.06. The van der Waals surface area contributed by atoms with E-state index in [4.69, 9.17) is 11.6 Å². The van der Waals surface area contributed by atoms with Gasteiger partial charge in [0.05, 0.1) is 18.1 Å². The molecule has 4 nitrogen and oxygen atoms in total. The molecule has 0 unspecified atom stereocenters. The first-order chi connectivity index (χ1) is 9.19. The van der Waals surface area contributed by atoms with Crippen molar-refractivity contribution in [1.82, 2.24) is 19.8 Å². The summed E-state index contributed by atoms with van der Waals surface area (Å²) < 4.78 is 0. The van der Waals surface area contributed by atoms with Gasteiger partial charge in [0.25, 0.3) is 0 Å². The second kappa shape index (κ2) is 9.23.